The van der Waals surface area contributed by atoms with E-state index in [2.05, 4.69) is 0 Å². The number of hydrogen-bond donors (Lipinski definition) is 0. The van der Waals surface area contributed by atoms with Crippen molar-refractivity contribution in [2.75, 3.05) is 0 Å². The molecule has 0 radical (unpaired) electrons. The predicted molar refractivity (Wildman–Crippen MR) is 9.93 cm³/mol. The minimum atomic E-state index is 0. The minimum Gasteiger partial charge on any atom is -0.494 e. The van der Waals surface area contributed by atoms with Crippen molar-refractivity contribution in [2.45, 2.75) is 0 Å². The second-order valence-corrected chi connectivity index (χ2v) is 0.112. The van der Waals surface area contributed by atoms with Gasteiger partial charge in [-0.15, -0.1) is 0 Å². The van der Waals surface area contributed by atoms with Crippen LogP contribution in [0.25, 0.3) is 5.73 Å². The number of nitrogens with zero attached hydrogens (tertiary/aromatic N) is 1. The second kappa shape index (κ2) is 8.84. The van der Waals surface area contributed by atoms with Crippen molar-refractivity contribution in [3.05, 3.63) is 5.73 Å². The second-order valence-electron chi connectivity index (χ2n) is 0.112. The molecule has 3 heteroatoms. The molecule has 0 aliphatic rings. The van der Waals surface area contributed by atoms with Gasteiger partial charge in [0.1, 0.15) is 0 Å². The molecule has 0 rings (SSSR count). The van der Waals surface area contributed by atoms with Gasteiger partial charge in [0.05, 0.1) is 0 Å². The molecule has 0 unspecified atom stereocenters. The molecular weight excluding hydrogens is 173 g/mol. The number of nitrogens with one attached hydrogen (secondary N) is 1. The molecule has 0 aliphatic carbocycles. The fourth-order valence-electron chi connectivity index (χ4n) is 0. The molecule has 0 atom stereocenters. The van der Waals surface area contributed by atoms with Gasteiger partial charge in [0.2, 0.25) is 0 Å². The third-order valence-corrected chi connectivity index (χ3v) is 0. The van der Waals surface area contributed by atoms with Crippen molar-refractivity contribution in [1.82, 2.24) is 0 Å². The standard InChI is InChI=1S/CHN2.Cs/c2-1-3;/h2H;/q-1;+1. The minimum absolute atomic E-state index is 0. The molecule has 1 N–H and O–H groups in total. The van der Waals surface area contributed by atoms with Gasteiger partial charge in [-0.25, -0.2) is 0 Å². The molecule has 0 aromatic heterocycles. The zero-order chi connectivity index (χ0) is 2.71. The third kappa shape index (κ3) is 10.2. The van der Waals surface area contributed by atoms with E-state index in [0.29, 0.717) is 0 Å². The Kier molecular flexibility index (Phi) is 19.9. The molecule has 2 nitrogen and oxygen atoms in total. The predicted octanol–water partition coefficient (Wildman–Crippen LogP) is -2.48. The van der Waals surface area contributed by atoms with E-state index in [-0.39, 0.29) is 68.9 Å². The van der Waals surface area contributed by atoms with Crippen LogP contribution in [0.2, 0.25) is 0 Å². The van der Waals surface area contributed by atoms with E-state index in [1.807, 2.05) is 0 Å². The summed E-state index contributed by atoms with van der Waals surface area (Å²) >= 11 is 0. The van der Waals surface area contributed by atoms with Crippen molar-refractivity contribution in [1.29, 1.82) is 5.26 Å². The Hall–Kier alpha value is 1.34. The van der Waals surface area contributed by atoms with Gasteiger partial charge >= 0.3 is 68.9 Å². The van der Waals surface area contributed by atoms with Crippen LogP contribution in [0.1, 0.15) is 0 Å². The van der Waals surface area contributed by atoms with E-state index in [1.54, 1.807) is 0 Å². The fourth-order valence-corrected chi connectivity index (χ4v) is 0. The molecule has 4 heavy (non-hydrogen) atoms. The summed E-state index contributed by atoms with van der Waals surface area (Å²) in [6.45, 7) is 0. The van der Waals surface area contributed by atoms with Crippen LogP contribution in [0.4, 0.5) is 0 Å². The summed E-state index contributed by atoms with van der Waals surface area (Å²) in [6, 6.07) is 0. The quantitative estimate of drug-likeness (QED) is 0.375. The SMILES string of the molecule is N#C[NH-].[Cs+]. The Morgan fingerprint density at radius 1 is 1.75 bits per heavy atom. The van der Waals surface area contributed by atoms with E-state index in [9.17, 15) is 0 Å². The molecule has 0 spiro atoms. The van der Waals surface area contributed by atoms with Crippen molar-refractivity contribution >= 4 is 0 Å². The average molecular weight is 174 g/mol. The first-order chi connectivity index (χ1) is 1.41. The monoisotopic (exact) mass is 174 g/mol. The zero-order valence-corrected chi connectivity index (χ0v) is 8.73. The fraction of sp³-hybridized carbons (Fsp3) is 0. The van der Waals surface area contributed by atoms with Gasteiger partial charge in [-0.2, -0.15) is 0 Å². The summed E-state index contributed by atoms with van der Waals surface area (Å²) in [5.41, 5.74) is 5.51. The number of hydrogen-bond acceptors (Lipinski definition) is 1. The van der Waals surface area contributed by atoms with Crippen LogP contribution in [-0.4, -0.2) is 0 Å². The molecule has 0 fully saturated rings. The van der Waals surface area contributed by atoms with E-state index in [1.165, 1.54) is 0 Å². The maximum Gasteiger partial charge on any atom is 1.00 e. The molecule has 0 heterocycles. The van der Waals surface area contributed by atoms with Crippen LogP contribution < -0.4 is 68.9 Å². The van der Waals surface area contributed by atoms with Gasteiger partial charge in [0.15, 0.2) is 0 Å². The van der Waals surface area contributed by atoms with Crippen molar-refractivity contribution in [3.8, 4) is 6.19 Å². The molecule has 0 saturated heterocycles. The van der Waals surface area contributed by atoms with Gasteiger partial charge in [-0.1, -0.05) is 6.19 Å². The average Bonchev–Trinajstić information content (AvgIpc) is 0.918. The Balaban J connectivity index is 0. The molecular formula is CHCsN2. The van der Waals surface area contributed by atoms with E-state index < -0.39 is 0 Å². The van der Waals surface area contributed by atoms with Crippen LogP contribution in [0.5, 0.6) is 0 Å². The smallest absolute Gasteiger partial charge is 0.494 e. The van der Waals surface area contributed by atoms with Crippen LogP contribution in [0.3, 0.4) is 0 Å². The van der Waals surface area contributed by atoms with Crippen molar-refractivity contribution in [2.24, 2.45) is 0 Å². The van der Waals surface area contributed by atoms with Crippen LogP contribution >= 0.6 is 0 Å². The summed E-state index contributed by atoms with van der Waals surface area (Å²) in [5, 5.41) is 6.99. The molecule has 0 aromatic carbocycles. The Bertz CT molecular complexity index is 27.5. The first kappa shape index (κ1) is 9.02. The third-order valence-electron chi connectivity index (χ3n) is 0. The Labute approximate surface area is 83.8 Å². The maximum atomic E-state index is 6.99. The first-order valence-corrected chi connectivity index (χ1v) is 0.474. The summed E-state index contributed by atoms with van der Waals surface area (Å²) < 4.78 is 0. The van der Waals surface area contributed by atoms with Crippen molar-refractivity contribution in [3.63, 3.8) is 0 Å². The van der Waals surface area contributed by atoms with E-state index >= 15 is 0 Å². The van der Waals surface area contributed by atoms with Gasteiger partial charge in [-0.3, -0.25) is 0 Å². The van der Waals surface area contributed by atoms with Gasteiger partial charge in [0, 0.05) is 0 Å². The van der Waals surface area contributed by atoms with E-state index in [0.717, 1.165) is 6.19 Å². The Morgan fingerprint density at radius 2 is 1.75 bits per heavy atom. The molecule has 0 aromatic rings. The summed E-state index contributed by atoms with van der Waals surface area (Å²) in [6.07, 6.45) is 1.00. The Morgan fingerprint density at radius 3 is 1.75 bits per heavy atom. The molecule has 0 saturated carbocycles. The maximum absolute atomic E-state index is 6.99. The molecule has 0 bridgehead atoms. The number of nitriles is 1. The molecule has 16 valence electrons. The largest absolute Gasteiger partial charge is 1.00 e. The molecule has 0 aliphatic heterocycles. The van der Waals surface area contributed by atoms with Gasteiger partial charge in [0.25, 0.3) is 0 Å². The summed E-state index contributed by atoms with van der Waals surface area (Å²) in [4.78, 5) is 0. The molecule has 0 amide bonds. The zero-order valence-electron chi connectivity index (χ0n) is 2.45. The first-order valence-electron chi connectivity index (χ1n) is 0.474. The van der Waals surface area contributed by atoms with Gasteiger partial charge in [-0.05, 0) is 0 Å². The van der Waals surface area contributed by atoms with Crippen LogP contribution in [0.15, 0.2) is 0 Å². The summed E-state index contributed by atoms with van der Waals surface area (Å²) in [5.74, 6) is 0. The van der Waals surface area contributed by atoms with E-state index in [4.69, 9.17) is 11.0 Å². The van der Waals surface area contributed by atoms with Crippen molar-refractivity contribution < 1.29 is 68.9 Å². The number of rotatable bonds is 0. The van der Waals surface area contributed by atoms with Crippen LogP contribution in [0, 0.1) is 11.5 Å². The topological polar surface area (TPSA) is 47.6 Å². The van der Waals surface area contributed by atoms with Gasteiger partial charge < -0.3 is 11.0 Å². The normalized spacial score (nSPS) is 1.75. The summed E-state index contributed by atoms with van der Waals surface area (Å²) in [7, 11) is 0. The van der Waals surface area contributed by atoms with Crippen LogP contribution in [-0.2, 0) is 0 Å².